The van der Waals surface area contributed by atoms with Gasteiger partial charge in [-0.2, -0.15) is 10.1 Å². The fourth-order valence-electron chi connectivity index (χ4n) is 4.73. The molecule has 3 atom stereocenters. The fourth-order valence-corrected chi connectivity index (χ4v) is 4.73. The molecule has 0 bridgehead atoms. The van der Waals surface area contributed by atoms with Crippen LogP contribution in [-0.4, -0.2) is 40.9 Å². The molecule has 1 unspecified atom stereocenters. The number of anilines is 1. The molecule has 4 heterocycles. The number of nitrogens with one attached hydrogen (secondary N) is 1. The monoisotopic (exact) mass is 359 g/mol. The minimum Gasteiger partial charge on any atom is -0.472 e. The average Bonchev–Trinajstić information content (AvgIpc) is 3.12. The SMILES string of the molecule is CN(c1ccc2c(n1)OCc1cc(-n3cccn3)ccc1-2)C1[C@H]2CNC[C@@H]12. The molecule has 0 radical (unpaired) electrons. The highest BCUT2D eigenvalue weighted by molar-refractivity contribution is 5.75. The summed E-state index contributed by atoms with van der Waals surface area (Å²) in [7, 11) is 2.16. The van der Waals surface area contributed by atoms with Crippen LogP contribution in [-0.2, 0) is 6.61 Å². The third-order valence-corrected chi connectivity index (χ3v) is 6.21. The zero-order chi connectivity index (χ0) is 18.0. The molecule has 1 aliphatic carbocycles. The average molecular weight is 359 g/mol. The quantitative estimate of drug-likeness (QED) is 0.779. The van der Waals surface area contributed by atoms with Crippen LogP contribution in [0.4, 0.5) is 5.82 Å². The second-order valence-electron chi connectivity index (χ2n) is 7.69. The molecule has 6 nitrogen and oxygen atoms in total. The first-order chi connectivity index (χ1) is 13.3. The number of piperidine rings is 1. The fraction of sp³-hybridized carbons (Fsp3) is 0.333. The molecular formula is C21H21N5O. The molecule has 2 aliphatic heterocycles. The molecule has 0 spiro atoms. The van der Waals surface area contributed by atoms with Crippen molar-refractivity contribution < 1.29 is 4.74 Å². The molecule has 3 aliphatic rings. The Morgan fingerprint density at radius 3 is 2.81 bits per heavy atom. The maximum atomic E-state index is 6.03. The normalized spacial score (nSPS) is 24.6. The predicted molar refractivity (Wildman–Crippen MR) is 103 cm³/mol. The van der Waals surface area contributed by atoms with Gasteiger partial charge < -0.3 is 15.0 Å². The Kier molecular flexibility index (Phi) is 3.14. The number of nitrogens with zero attached hydrogens (tertiary/aromatic N) is 4. The topological polar surface area (TPSA) is 55.2 Å². The van der Waals surface area contributed by atoms with E-state index in [-0.39, 0.29) is 0 Å². The van der Waals surface area contributed by atoms with Crippen molar-refractivity contribution in [2.45, 2.75) is 12.6 Å². The van der Waals surface area contributed by atoms with Gasteiger partial charge in [-0.3, -0.25) is 0 Å². The minimum absolute atomic E-state index is 0.538. The molecule has 1 saturated carbocycles. The lowest BCUT2D eigenvalue weighted by Crippen LogP contribution is -2.30. The first-order valence-electron chi connectivity index (χ1n) is 9.50. The maximum Gasteiger partial charge on any atom is 0.223 e. The molecule has 0 amide bonds. The summed E-state index contributed by atoms with van der Waals surface area (Å²) >= 11 is 0. The number of aromatic nitrogens is 3. The lowest BCUT2D eigenvalue weighted by Gasteiger charge is -2.25. The summed E-state index contributed by atoms with van der Waals surface area (Å²) in [6, 6.07) is 13.2. The number of fused-ring (bicyclic) bond motifs is 4. The van der Waals surface area contributed by atoms with Gasteiger partial charge in [-0.1, -0.05) is 6.07 Å². The van der Waals surface area contributed by atoms with E-state index in [4.69, 9.17) is 9.72 Å². The van der Waals surface area contributed by atoms with Crippen molar-refractivity contribution in [3.63, 3.8) is 0 Å². The van der Waals surface area contributed by atoms with E-state index in [1.807, 2.05) is 16.9 Å². The molecule has 3 aromatic rings. The van der Waals surface area contributed by atoms with Gasteiger partial charge in [0, 0.05) is 44.1 Å². The van der Waals surface area contributed by atoms with Gasteiger partial charge in [-0.25, -0.2) is 4.68 Å². The van der Waals surface area contributed by atoms with Gasteiger partial charge in [0.2, 0.25) is 5.88 Å². The zero-order valence-electron chi connectivity index (χ0n) is 15.2. The van der Waals surface area contributed by atoms with Gasteiger partial charge in [-0.15, -0.1) is 0 Å². The summed E-state index contributed by atoms with van der Waals surface area (Å²) in [5.41, 5.74) is 4.48. The lowest BCUT2D eigenvalue weighted by atomic mass is 9.98. The number of pyridine rings is 1. The van der Waals surface area contributed by atoms with Crippen LogP contribution >= 0.6 is 0 Å². The van der Waals surface area contributed by atoms with E-state index < -0.39 is 0 Å². The van der Waals surface area contributed by atoms with Gasteiger partial charge >= 0.3 is 0 Å². The number of benzene rings is 1. The number of rotatable bonds is 3. The molecule has 2 fully saturated rings. The summed E-state index contributed by atoms with van der Waals surface area (Å²) < 4.78 is 7.90. The van der Waals surface area contributed by atoms with Crippen molar-refractivity contribution in [3.05, 3.63) is 54.4 Å². The van der Waals surface area contributed by atoms with E-state index >= 15 is 0 Å². The van der Waals surface area contributed by atoms with E-state index in [1.54, 1.807) is 6.20 Å². The molecule has 2 aromatic heterocycles. The van der Waals surface area contributed by atoms with Gasteiger partial charge in [0.25, 0.3) is 0 Å². The second-order valence-corrected chi connectivity index (χ2v) is 7.69. The number of ether oxygens (including phenoxy) is 1. The number of hydrogen-bond donors (Lipinski definition) is 1. The van der Waals surface area contributed by atoms with Crippen molar-refractivity contribution in [3.8, 4) is 22.7 Å². The van der Waals surface area contributed by atoms with Crippen molar-refractivity contribution in [2.24, 2.45) is 11.8 Å². The Morgan fingerprint density at radius 1 is 1.15 bits per heavy atom. The van der Waals surface area contributed by atoms with Gasteiger partial charge in [0.05, 0.1) is 5.69 Å². The predicted octanol–water partition coefficient (Wildman–Crippen LogP) is 2.48. The Hall–Kier alpha value is -2.86. The summed E-state index contributed by atoms with van der Waals surface area (Å²) in [6.45, 7) is 2.80. The third-order valence-electron chi connectivity index (χ3n) is 6.21. The maximum absolute atomic E-state index is 6.03. The van der Waals surface area contributed by atoms with E-state index in [2.05, 4.69) is 52.7 Å². The van der Waals surface area contributed by atoms with E-state index in [1.165, 1.54) is 11.1 Å². The first kappa shape index (κ1) is 15.2. The highest BCUT2D eigenvalue weighted by Gasteiger charge is 2.55. The van der Waals surface area contributed by atoms with Crippen LogP contribution in [0, 0.1) is 11.8 Å². The van der Waals surface area contributed by atoms with Crippen LogP contribution in [0.25, 0.3) is 16.8 Å². The minimum atomic E-state index is 0.538. The zero-order valence-corrected chi connectivity index (χ0v) is 15.2. The summed E-state index contributed by atoms with van der Waals surface area (Å²) in [5, 5.41) is 7.77. The van der Waals surface area contributed by atoms with Crippen molar-refractivity contribution in [1.82, 2.24) is 20.1 Å². The molecule has 1 N–H and O–H groups in total. The second kappa shape index (κ2) is 5.57. The van der Waals surface area contributed by atoms with E-state index in [9.17, 15) is 0 Å². The Bertz CT molecular complexity index is 1010. The molecular weight excluding hydrogens is 338 g/mol. The lowest BCUT2D eigenvalue weighted by molar-refractivity contribution is 0.290. The molecule has 1 aromatic carbocycles. The van der Waals surface area contributed by atoms with Gasteiger partial charge in [0.15, 0.2) is 0 Å². The highest BCUT2D eigenvalue weighted by Crippen LogP contribution is 2.47. The van der Waals surface area contributed by atoms with E-state index in [0.717, 1.165) is 47.9 Å². The van der Waals surface area contributed by atoms with Crippen molar-refractivity contribution in [2.75, 3.05) is 25.0 Å². The van der Waals surface area contributed by atoms with Crippen molar-refractivity contribution >= 4 is 5.82 Å². The first-order valence-corrected chi connectivity index (χ1v) is 9.50. The molecule has 1 saturated heterocycles. The van der Waals surface area contributed by atoms with E-state index in [0.29, 0.717) is 12.6 Å². The van der Waals surface area contributed by atoms with Crippen LogP contribution in [0.5, 0.6) is 5.88 Å². The molecule has 6 rings (SSSR count). The van der Waals surface area contributed by atoms with Crippen LogP contribution in [0.15, 0.2) is 48.8 Å². The van der Waals surface area contributed by atoms with Gasteiger partial charge in [0.1, 0.15) is 12.4 Å². The molecule has 6 heteroatoms. The molecule has 27 heavy (non-hydrogen) atoms. The molecule has 136 valence electrons. The smallest absolute Gasteiger partial charge is 0.223 e. The van der Waals surface area contributed by atoms with Crippen molar-refractivity contribution in [1.29, 1.82) is 0 Å². The number of hydrogen-bond acceptors (Lipinski definition) is 5. The Balaban J connectivity index is 1.32. The Morgan fingerprint density at radius 2 is 2.00 bits per heavy atom. The summed E-state index contributed by atoms with van der Waals surface area (Å²) in [4.78, 5) is 7.17. The largest absolute Gasteiger partial charge is 0.472 e. The highest BCUT2D eigenvalue weighted by atomic mass is 16.5. The summed E-state index contributed by atoms with van der Waals surface area (Å²) in [6.07, 6.45) is 3.74. The van der Waals surface area contributed by atoms with Crippen LogP contribution < -0.4 is 15.0 Å². The van der Waals surface area contributed by atoms with Crippen LogP contribution in [0.3, 0.4) is 0 Å². The van der Waals surface area contributed by atoms with Crippen LogP contribution in [0.1, 0.15) is 5.56 Å². The third kappa shape index (κ3) is 2.29. The van der Waals surface area contributed by atoms with Gasteiger partial charge in [-0.05, 0) is 53.3 Å². The standard InChI is InChI=1S/C21H21N5O/c1-25(20-17-10-22-11-18(17)20)19-6-5-16-15-4-3-14(26-8-2-7-23-26)9-13(15)12-27-21(16)24-19/h2-9,17-18,20,22H,10-12H2,1H3/t17-,18+,20?. The summed E-state index contributed by atoms with van der Waals surface area (Å²) in [5.74, 6) is 3.29. The van der Waals surface area contributed by atoms with Crippen LogP contribution in [0.2, 0.25) is 0 Å². The Labute approximate surface area is 157 Å².